The van der Waals surface area contributed by atoms with Crippen molar-refractivity contribution in [2.24, 2.45) is 0 Å². The van der Waals surface area contributed by atoms with Gasteiger partial charge >= 0.3 is 5.97 Å². The summed E-state index contributed by atoms with van der Waals surface area (Å²) in [6.07, 6.45) is 0. The van der Waals surface area contributed by atoms with Crippen LogP contribution in [0.1, 0.15) is 15.9 Å². The average molecular weight is 270 g/mol. The molecule has 0 bridgehead atoms. The Balaban J connectivity index is 2.55. The molecule has 0 saturated heterocycles. The lowest BCUT2D eigenvalue weighted by Gasteiger charge is -2.07. The number of esters is 1. The van der Waals surface area contributed by atoms with Crippen LogP contribution in [0.2, 0.25) is 0 Å². The second-order valence-electron chi connectivity index (χ2n) is 3.82. The number of methoxy groups -OCH3 is 1. The Morgan fingerprint density at radius 3 is 2.80 bits per heavy atom. The third kappa shape index (κ3) is 2.35. The number of nitriles is 1. The summed E-state index contributed by atoms with van der Waals surface area (Å²) in [5.41, 5.74) is 6.27. The number of benzene rings is 1. The van der Waals surface area contributed by atoms with Gasteiger partial charge in [-0.1, -0.05) is 12.1 Å². The zero-order valence-electron chi connectivity index (χ0n) is 10.5. The molecule has 0 aliphatic carbocycles. The van der Waals surface area contributed by atoms with Gasteiger partial charge in [0.15, 0.2) is 11.4 Å². The summed E-state index contributed by atoms with van der Waals surface area (Å²) in [6.45, 7) is 0. The molecule has 0 atom stereocenters. The minimum atomic E-state index is -0.822. The molecule has 3 N–H and O–H groups in total. The van der Waals surface area contributed by atoms with Crippen LogP contribution in [-0.2, 0) is 4.74 Å². The van der Waals surface area contributed by atoms with E-state index in [-0.39, 0.29) is 17.2 Å². The lowest BCUT2D eigenvalue weighted by Crippen LogP contribution is -2.09. The first-order chi connectivity index (χ1) is 9.56. The van der Waals surface area contributed by atoms with Crippen molar-refractivity contribution in [2.75, 3.05) is 12.8 Å². The van der Waals surface area contributed by atoms with Gasteiger partial charge in [0, 0.05) is 5.56 Å². The number of carbonyl (C=O) groups excluding carboxylic acids is 1. The first kappa shape index (κ1) is 13.3. The highest BCUT2D eigenvalue weighted by molar-refractivity contribution is 5.96. The zero-order chi connectivity index (χ0) is 14.7. The molecule has 1 aromatic carbocycles. The molecule has 0 fully saturated rings. The molecule has 0 aliphatic rings. The number of carbonyl (C=O) groups is 1. The highest BCUT2D eigenvalue weighted by Gasteiger charge is 2.20. The number of rotatable bonds is 2. The van der Waals surface area contributed by atoms with Gasteiger partial charge in [0.05, 0.1) is 18.7 Å². The van der Waals surface area contributed by atoms with Crippen molar-refractivity contribution in [1.82, 2.24) is 9.97 Å². The first-order valence-corrected chi connectivity index (χ1v) is 5.52. The van der Waals surface area contributed by atoms with E-state index >= 15 is 0 Å². The number of ether oxygens (including phenoxy) is 1. The summed E-state index contributed by atoms with van der Waals surface area (Å²) in [4.78, 5) is 19.2. The standard InChI is InChI=1S/C13H10N4O3/c1-20-13(19)9-10(15)16-11(17-12(9)18)8-4-2-3-7(5-8)6-14/h2-5H,1H3,(H3,15,16,17,18). The number of aromatic nitrogens is 2. The number of nitrogens with two attached hydrogens (primary N) is 1. The van der Waals surface area contributed by atoms with Crippen molar-refractivity contribution in [3.05, 3.63) is 35.4 Å². The van der Waals surface area contributed by atoms with Crippen LogP contribution in [0.5, 0.6) is 5.88 Å². The van der Waals surface area contributed by atoms with Gasteiger partial charge < -0.3 is 15.6 Å². The second kappa shape index (κ2) is 5.24. The van der Waals surface area contributed by atoms with Crippen molar-refractivity contribution in [1.29, 1.82) is 5.26 Å². The van der Waals surface area contributed by atoms with Gasteiger partial charge in [-0.15, -0.1) is 0 Å². The van der Waals surface area contributed by atoms with Gasteiger partial charge in [-0.2, -0.15) is 10.2 Å². The molecule has 0 amide bonds. The zero-order valence-corrected chi connectivity index (χ0v) is 10.5. The maximum Gasteiger partial charge on any atom is 0.347 e. The van der Waals surface area contributed by atoms with E-state index in [2.05, 4.69) is 14.7 Å². The molecule has 0 spiro atoms. The van der Waals surface area contributed by atoms with Crippen LogP contribution in [0.3, 0.4) is 0 Å². The molecule has 0 saturated carbocycles. The third-order valence-corrected chi connectivity index (χ3v) is 2.56. The molecule has 0 radical (unpaired) electrons. The molecular weight excluding hydrogens is 260 g/mol. The quantitative estimate of drug-likeness (QED) is 0.783. The van der Waals surface area contributed by atoms with E-state index < -0.39 is 11.8 Å². The summed E-state index contributed by atoms with van der Waals surface area (Å²) in [5, 5.41) is 18.6. The number of nitrogen functional groups attached to an aromatic ring is 1. The fraction of sp³-hybridized carbons (Fsp3) is 0.0769. The van der Waals surface area contributed by atoms with Crippen LogP contribution in [0.4, 0.5) is 5.82 Å². The van der Waals surface area contributed by atoms with E-state index in [0.717, 1.165) is 7.11 Å². The summed E-state index contributed by atoms with van der Waals surface area (Å²) < 4.78 is 4.48. The van der Waals surface area contributed by atoms with Crippen LogP contribution in [0.15, 0.2) is 24.3 Å². The molecule has 1 aromatic heterocycles. The molecule has 100 valence electrons. The minimum Gasteiger partial charge on any atom is -0.493 e. The van der Waals surface area contributed by atoms with Crippen LogP contribution in [0.25, 0.3) is 11.4 Å². The largest absolute Gasteiger partial charge is 0.493 e. The predicted octanol–water partition coefficient (Wildman–Crippen LogP) is 1.09. The van der Waals surface area contributed by atoms with Gasteiger partial charge in [-0.25, -0.2) is 9.78 Å². The SMILES string of the molecule is COC(=O)c1c(N)nc(-c2cccc(C#N)c2)nc1O. The Kier molecular flexibility index (Phi) is 3.48. The minimum absolute atomic E-state index is 0.116. The molecule has 0 unspecified atom stereocenters. The van der Waals surface area contributed by atoms with Crippen LogP contribution in [0, 0.1) is 11.3 Å². The lowest BCUT2D eigenvalue weighted by molar-refractivity contribution is 0.0597. The fourth-order valence-corrected chi connectivity index (χ4v) is 1.62. The van der Waals surface area contributed by atoms with E-state index in [1.807, 2.05) is 6.07 Å². The molecular formula is C13H10N4O3. The summed E-state index contributed by atoms with van der Waals surface area (Å²) in [6, 6.07) is 8.46. The Bertz CT molecular complexity index is 699. The van der Waals surface area contributed by atoms with Crippen molar-refractivity contribution in [3.63, 3.8) is 0 Å². The number of aromatic hydroxyl groups is 1. The third-order valence-electron chi connectivity index (χ3n) is 2.56. The van der Waals surface area contributed by atoms with E-state index in [9.17, 15) is 9.90 Å². The first-order valence-electron chi connectivity index (χ1n) is 5.52. The van der Waals surface area contributed by atoms with E-state index in [0.29, 0.717) is 11.1 Å². The van der Waals surface area contributed by atoms with Crippen molar-refractivity contribution >= 4 is 11.8 Å². The van der Waals surface area contributed by atoms with Crippen LogP contribution >= 0.6 is 0 Å². The highest BCUT2D eigenvalue weighted by atomic mass is 16.5. The summed E-state index contributed by atoms with van der Waals surface area (Å²) in [5.74, 6) is -1.47. The lowest BCUT2D eigenvalue weighted by atomic mass is 10.1. The molecule has 20 heavy (non-hydrogen) atoms. The maximum absolute atomic E-state index is 11.4. The number of nitrogens with zero attached hydrogens (tertiary/aromatic N) is 3. The predicted molar refractivity (Wildman–Crippen MR) is 69.6 cm³/mol. The van der Waals surface area contributed by atoms with Crippen molar-refractivity contribution in [2.45, 2.75) is 0 Å². The molecule has 7 nitrogen and oxygen atoms in total. The Morgan fingerprint density at radius 1 is 1.45 bits per heavy atom. The highest BCUT2D eigenvalue weighted by Crippen LogP contribution is 2.25. The van der Waals surface area contributed by atoms with Gasteiger partial charge in [0.2, 0.25) is 5.88 Å². The Morgan fingerprint density at radius 2 is 2.20 bits per heavy atom. The molecule has 2 rings (SSSR count). The van der Waals surface area contributed by atoms with E-state index in [1.165, 1.54) is 0 Å². The smallest absolute Gasteiger partial charge is 0.347 e. The fourth-order valence-electron chi connectivity index (χ4n) is 1.62. The summed E-state index contributed by atoms with van der Waals surface area (Å²) in [7, 11) is 1.16. The Hall–Kier alpha value is -3.14. The molecule has 7 heteroatoms. The second-order valence-corrected chi connectivity index (χ2v) is 3.82. The normalized spacial score (nSPS) is 9.80. The van der Waals surface area contributed by atoms with Crippen molar-refractivity contribution < 1.29 is 14.6 Å². The van der Waals surface area contributed by atoms with Gasteiger partial charge in [0.1, 0.15) is 5.82 Å². The molecule has 2 aromatic rings. The van der Waals surface area contributed by atoms with E-state index in [1.54, 1.807) is 24.3 Å². The van der Waals surface area contributed by atoms with Gasteiger partial charge in [-0.3, -0.25) is 0 Å². The average Bonchev–Trinajstić information content (AvgIpc) is 2.46. The molecule has 1 heterocycles. The summed E-state index contributed by atoms with van der Waals surface area (Å²) >= 11 is 0. The van der Waals surface area contributed by atoms with E-state index in [4.69, 9.17) is 11.0 Å². The molecule has 0 aliphatic heterocycles. The monoisotopic (exact) mass is 270 g/mol. The number of hydrogen-bond acceptors (Lipinski definition) is 7. The maximum atomic E-state index is 11.4. The van der Waals surface area contributed by atoms with Crippen LogP contribution in [-0.4, -0.2) is 28.2 Å². The number of anilines is 1. The topological polar surface area (TPSA) is 122 Å². The van der Waals surface area contributed by atoms with Gasteiger partial charge in [0.25, 0.3) is 0 Å². The van der Waals surface area contributed by atoms with Crippen LogP contribution < -0.4 is 5.73 Å². The van der Waals surface area contributed by atoms with Crippen molar-refractivity contribution in [3.8, 4) is 23.3 Å². The number of hydrogen-bond donors (Lipinski definition) is 2. The Labute approximate surface area is 114 Å². The van der Waals surface area contributed by atoms with Gasteiger partial charge in [-0.05, 0) is 12.1 Å².